The Hall–Kier alpha value is 0.170. The van der Waals surface area contributed by atoms with E-state index >= 15 is 0 Å². The van der Waals surface area contributed by atoms with Crippen LogP contribution < -0.4 is 5.32 Å². The minimum atomic E-state index is -1.76. The molecule has 0 bridgehead atoms. The van der Waals surface area contributed by atoms with Crippen LogP contribution in [0, 0.1) is 5.92 Å². The van der Waals surface area contributed by atoms with Crippen molar-refractivity contribution >= 4 is 67.2 Å². The number of halogens is 3. The van der Waals surface area contributed by atoms with Crippen molar-refractivity contribution in [3.8, 4) is 0 Å². The van der Waals surface area contributed by atoms with Crippen LogP contribution in [0.3, 0.4) is 0 Å². The number of alkyl halides is 3. The van der Waals surface area contributed by atoms with Gasteiger partial charge >= 0.3 is 0 Å². The highest BCUT2D eigenvalue weighted by molar-refractivity contribution is 8.71. The molecule has 11 heteroatoms. The maximum atomic E-state index is 12.3. The first-order valence-corrected chi connectivity index (χ1v) is 10.3. The fourth-order valence-corrected chi connectivity index (χ4v) is 6.76. The first-order chi connectivity index (χ1) is 10.6. The summed E-state index contributed by atoms with van der Waals surface area (Å²) in [6.45, 7) is 1.21. The highest BCUT2D eigenvalue weighted by atomic mass is 35.6. The van der Waals surface area contributed by atoms with Gasteiger partial charge in [0, 0.05) is 5.57 Å². The Morgan fingerprint density at radius 1 is 1.48 bits per heavy atom. The summed E-state index contributed by atoms with van der Waals surface area (Å²) in [5.41, 5.74) is 0.402. The van der Waals surface area contributed by atoms with Crippen LogP contribution in [-0.2, 0) is 24.2 Å². The molecule has 2 aliphatic heterocycles. The van der Waals surface area contributed by atoms with Crippen LogP contribution in [0.1, 0.15) is 13.3 Å². The minimum Gasteiger partial charge on any atom is -0.394 e. The lowest BCUT2D eigenvalue weighted by Gasteiger charge is -2.23. The Balaban J connectivity index is 2.14. The van der Waals surface area contributed by atoms with Crippen molar-refractivity contribution in [2.24, 2.45) is 5.92 Å². The summed E-state index contributed by atoms with van der Waals surface area (Å²) >= 11 is 16.9. The first kappa shape index (κ1) is 19.5. The molecule has 0 aromatic carbocycles. The second-order valence-corrected chi connectivity index (χ2v) is 11.5. The molecule has 6 nitrogen and oxygen atoms in total. The molecule has 23 heavy (non-hydrogen) atoms. The number of carbonyl (C=O) groups is 2. The topological polar surface area (TPSA) is 92.7 Å². The third kappa shape index (κ3) is 4.84. The molecule has 0 radical (unpaired) electrons. The summed E-state index contributed by atoms with van der Waals surface area (Å²) in [6.07, 6.45) is 0.412. The molecule has 2 aliphatic rings. The maximum absolute atomic E-state index is 12.3. The molecule has 2 N–H and O–H groups in total. The van der Waals surface area contributed by atoms with Gasteiger partial charge in [0.2, 0.25) is 9.03 Å². The van der Waals surface area contributed by atoms with Crippen molar-refractivity contribution in [1.82, 2.24) is 5.32 Å². The third-order valence-corrected chi connectivity index (χ3v) is 8.41. The van der Waals surface area contributed by atoms with Crippen LogP contribution in [0.25, 0.3) is 0 Å². The molecule has 2 heterocycles. The first-order valence-electron chi connectivity index (χ1n) is 6.59. The molecular formula is C12H14Cl3NO5S2. The zero-order chi connectivity index (χ0) is 17.4. The van der Waals surface area contributed by atoms with E-state index in [0.717, 1.165) is 0 Å². The number of nitrogens with one attached hydrogen (secondary N) is 1. The lowest BCUT2D eigenvalue weighted by Crippen LogP contribution is -2.44. The zero-order valence-electron chi connectivity index (χ0n) is 11.8. The largest absolute Gasteiger partial charge is 0.394 e. The Labute approximate surface area is 154 Å². The molecule has 2 amide bonds. The van der Waals surface area contributed by atoms with Gasteiger partial charge in [0.25, 0.3) is 5.91 Å². The van der Waals surface area contributed by atoms with Crippen LogP contribution in [0.4, 0.5) is 0 Å². The lowest BCUT2D eigenvalue weighted by molar-refractivity contribution is -0.134. The number of aliphatic hydroxyl groups excluding tert-OH is 1. The van der Waals surface area contributed by atoms with Crippen molar-refractivity contribution in [3.63, 3.8) is 0 Å². The van der Waals surface area contributed by atoms with E-state index in [1.54, 1.807) is 6.92 Å². The SMILES string of the molecule is CC1=CC([C@H]2C[C@@H](S(=O)SC(Cl)(Cl)Cl)[C@@H](CO)O2)C(=O)NC1=O. The third-order valence-electron chi connectivity index (χ3n) is 3.56. The van der Waals surface area contributed by atoms with Gasteiger partial charge in [-0.1, -0.05) is 40.9 Å². The van der Waals surface area contributed by atoms with Gasteiger partial charge in [0.05, 0.1) is 39.8 Å². The van der Waals surface area contributed by atoms with Gasteiger partial charge in [0.1, 0.15) is 0 Å². The summed E-state index contributed by atoms with van der Waals surface area (Å²) in [5.74, 6) is -1.63. The lowest BCUT2D eigenvalue weighted by atomic mass is 9.93. The van der Waals surface area contributed by atoms with E-state index in [1.165, 1.54) is 6.08 Å². The van der Waals surface area contributed by atoms with Crippen molar-refractivity contribution in [3.05, 3.63) is 11.6 Å². The molecule has 1 fully saturated rings. The van der Waals surface area contributed by atoms with Crippen molar-refractivity contribution < 1.29 is 23.6 Å². The molecule has 130 valence electrons. The Morgan fingerprint density at radius 3 is 2.70 bits per heavy atom. The molecule has 0 spiro atoms. The van der Waals surface area contributed by atoms with Gasteiger partial charge in [-0.2, -0.15) is 0 Å². The van der Waals surface area contributed by atoms with E-state index in [2.05, 4.69) is 5.32 Å². The summed E-state index contributed by atoms with van der Waals surface area (Å²) in [4.78, 5) is 23.4. The van der Waals surface area contributed by atoms with Crippen molar-refractivity contribution in [2.75, 3.05) is 6.61 Å². The molecular weight excluding hydrogens is 409 g/mol. The summed E-state index contributed by atoms with van der Waals surface area (Å²) in [7, 11) is -1.000. The number of ether oxygens (including phenoxy) is 1. The van der Waals surface area contributed by atoms with Gasteiger partial charge in [-0.3, -0.25) is 14.9 Å². The molecule has 0 aromatic heterocycles. The van der Waals surface area contributed by atoms with Crippen LogP contribution in [0.15, 0.2) is 11.6 Å². The molecule has 1 saturated heterocycles. The zero-order valence-corrected chi connectivity index (χ0v) is 15.7. The predicted molar refractivity (Wildman–Crippen MR) is 90.6 cm³/mol. The average molecular weight is 423 g/mol. The Kier molecular flexibility index (Phi) is 6.44. The fourth-order valence-electron chi connectivity index (χ4n) is 2.49. The van der Waals surface area contributed by atoms with Gasteiger partial charge in [-0.05, 0) is 24.1 Å². The molecule has 2 unspecified atom stereocenters. The van der Waals surface area contributed by atoms with Crippen LogP contribution in [0.2, 0.25) is 0 Å². The monoisotopic (exact) mass is 421 g/mol. The number of hydrogen-bond acceptors (Lipinski definition) is 6. The van der Waals surface area contributed by atoms with Gasteiger partial charge < -0.3 is 9.84 Å². The van der Waals surface area contributed by atoms with Crippen molar-refractivity contribution in [2.45, 2.75) is 33.9 Å². The molecule has 5 atom stereocenters. The molecule has 2 rings (SSSR count). The van der Waals surface area contributed by atoms with E-state index < -0.39 is 48.1 Å². The highest BCUT2D eigenvalue weighted by Crippen LogP contribution is 2.44. The average Bonchev–Trinajstić information content (AvgIpc) is 2.85. The maximum Gasteiger partial charge on any atom is 0.253 e. The van der Waals surface area contributed by atoms with E-state index in [-0.39, 0.29) is 13.0 Å². The number of amides is 2. The second-order valence-electron chi connectivity index (χ2n) is 5.15. The fraction of sp³-hybridized carbons (Fsp3) is 0.667. The second kappa shape index (κ2) is 7.59. The minimum absolute atomic E-state index is 0.238. The summed E-state index contributed by atoms with van der Waals surface area (Å²) < 4.78 is 16.2. The highest BCUT2D eigenvalue weighted by Gasteiger charge is 2.46. The van der Waals surface area contributed by atoms with E-state index in [0.29, 0.717) is 16.4 Å². The number of carbonyl (C=O) groups excluding carboxylic acids is 2. The Bertz CT molecular complexity index is 565. The van der Waals surface area contributed by atoms with Crippen LogP contribution in [0.5, 0.6) is 0 Å². The van der Waals surface area contributed by atoms with E-state index in [1.807, 2.05) is 0 Å². The summed E-state index contributed by atoms with van der Waals surface area (Å²) in [5, 5.41) is 11.1. The van der Waals surface area contributed by atoms with Crippen LogP contribution >= 0.6 is 45.6 Å². The normalized spacial score (nSPS) is 33.3. The van der Waals surface area contributed by atoms with Crippen LogP contribution in [-0.4, -0.2) is 48.3 Å². The quantitative estimate of drug-likeness (QED) is 0.405. The van der Waals surface area contributed by atoms with Crippen molar-refractivity contribution in [1.29, 1.82) is 0 Å². The van der Waals surface area contributed by atoms with E-state index in [9.17, 15) is 18.9 Å². The molecule has 0 aromatic rings. The Morgan fingerprint density at radius 2 is 2.13 bits per heavy atom. The number of aliphatic hydroxyl groups is 1. The number of hydrogen-bond donors (Lipinski definition) is 2. The molecule has 0 aliphatic carbocycles. The van der Waals surface area contributed by atoms with Gasteiger partial charge in [-0.25, -0.2) is 4.21 Å². The van der Waals surface area contributed by atoms with Gasteiger partial charge in [-0.15, -0.1) is 0 Å². The van der Waals surface area contributed by atoms with Gasteiger partial charge in [0.15, 0.2) is 0 Å². The standard InChI is InChI=1S/C12H14Cl3NO5S2/c1-5-2-6(11(19)16-10(5)18)7-3-9(8(4-17)21-7)23(20)22-12(13,14)15/h2,6-9,17H,3-4H2,1H3,(H,16,18,19)/t6?,7-,8-,9-,23?/m1/s1. The smallest absolute Gasteiger partial charge is 0.253 e. The number of imide groups is 1. The number of rotatable bonds is 4. The predicted octanol–water partition coefficient (Wildman–Crippen LogP) is 1.45. The molecule has 0 saturated carbocycles. The van der Waals surface area contributed by atoms with E-state index in [4.69, 9.17) is 39.5 Å². The summed E-state index contributed by atoms with van der Waals surface area (Å²) in [6, 6.07) is 0.